The van der Waals surface area contributed by atoms with Crippen molar-refractivity contribution >= 4 is 11.6 Å². The van der Waals surface area contributed by atoms with Crippen molar-refractivity contribution < 1.29 is 23.2 Å². The molecule has 0 N–H and O–H groups in total. The highest BCUT2D eigenvalue weighted by Crippen LogP contribution is 2.30. The van der Waals surface area contributed by atoms with Crippen LogP contribution in [0.2, 0.25) is 0 Å². The first-order valence-electron chi connectivity index (χ1n) is 8.05. The molecule has 8 heteroatoms. The highest BCUT2D eigenvalue weighted by atomic mass is 19.1. The van der Waals surface area contributed by atoms with Crippen molar-refractivity contribution in [1.82, 2.24) is 4.90 Å². The first-order valence-corrected chi connectivity index (χ1v) is 8.05. The van der Waals surface area contributed by atoms with Crippen LogP contribution in [0.4, 0.5) is 14.5 Å². The van der Waals surface area contributed by atoms with E-state index in [0.717, 1.165) is 31.0 Å². The lowest BCUT2D eigenvalue weighted by molar-refractivity contribution is -0.385. The third-order valence-electron chi connectivity index (χ3n) is 4.08. The molecule has 1 amide bonds. The Labute approximate surface area is 148 Å². The van der Waals surface area contributed by atoms with Gasteiger partial charge in [-0.05, 0) is 25.0 Å². The molecule has 1 aliphatic carbocycles. The number of nitro benzene ring substituents is 1. The highest BCUT2D eigenvalue weighted by Gasteiger charge is 2.33. The van der Waals surface area contributed by atoms with E-state index in [9.17, 15) is 23.7 Å². The summed E-state index contributed by atoms with van der Waals surface area (Å²) in [6.07, 6.45) is 1.61. The smallest absolute Gasteiger partial charge is 0.311 e. The molecular formula is C18H16F2N2O4. The fraction of sp³-hybridized carbons (Fsp3) is 0.278. The van der Waals surface area contributed by atoms with E-state index in [4.69, 9.17) is 4.74 Å². The average Bonchev–Trinajstić information content (AvgIpc) is 3.43. The van der Waals surface area contributed by atoms with Gasteiger partial charge in [-0.25, -0.2) is 8.78 Å². The first-order chi connectivity index (χ1) is 12.5. The molecule has 0 saturated heterocycles. The molecule has 1 saturated carbocycles. The highest BCUT2D eigenvalue weighted by molar-refractivity contribution is 5.78. The van der Waals surface area contributed by atoms with E-state index in [0.29, 0.717) is 5.56 Å². The van der Waals surface area contributed by atoms with E-state index < -0.39 is 34.8 Å². The maximum atomic E-state index is 13.8. The Morgan fingerprint density at radius 1 is 1.23 bits per heavy atom. The molecule has 2 aromatic carbocycles. The first kappa shape index (κ1) is 17.8. The molecule has 0 heterocycles. The summed E-state index contributed by atoms with van der Waals surface area (Å²) in [7, 11) is 0. The molecule has 0 spiro atoms. The van der Waals surface area contributed by atoms with E-state index in [1.807, 2.05) is 0 Å². The van der Waals surface area contributed by atoms with Gasteiger partial charge < -0.3 is 9.64 Å². The molecular weight excluding hydrogens is 346 g/mol. The van der Waals surface area contributed by atoms with Gasteiger partial charge in [-0.3, -0.25) is 14.9 Å². The quantitative estimate of drug-likeness (QED) is 0.559. The molecule has 3 rings (SSSR count). The summed E-state index contributed by atoms with van der Waals surface area (Å²) >= 11 is 0. The molecule has 1 fully saturated rings. The molecule has 6 nitrogen and oxygen atoms in total. The molecule has 0 aliphatic heterocycles. The van der Waals surface area contributed by atoms with Crippen molar-refractivity contribution in [2.45, 2.75) is 25.4 Å². The molecule has 0 bridgehead atoms. The Balaban J connectivity index is 1.71. The standard InChI is InChI=1S/C18H16F2N2O4/c19-13-5-8-16(22(24)25)17(9-13)26-11-18(23)21(14-6-7-14)10-12-3-1-2-4-15(12)20/h1-5,8-9,14H,6-7,10-11H2. The average molecular weight is 362 g/mol. The summed E-state index contributed by atoms with van der Waals surface area (Å²) in [5.41, 5.74) is -0.0456. The van der Waals surface area contributed by atoms with Crippen LogP contribution >= 0.6 is 0 Å². The fourth-order valence-electron chi connectivity index (χ4n) is 2.59. The van der Waals surface area contributed by atoms with E-state index >= 15 is 0 Å². The van der Waals surface area contributed by atoms with Crippen LogP contribution < -0.4 is 4.74 Å². The molecule has 26 heavy (non-hydrogen) atoms. The summed E-state index contributed by atoms with van der Waals surface area (Å²) in [5, 5.41) is 11.0. The Morgan fingerprint density at radius 2 is 1.96 bits per heavy atom. The van der Waals surface area contributed by atoms with Gasteiger partial charge in [0.25, 0.3) is 5.91 Å². The zero-order chi connectivity index (χ0) is 18.7. The topological polar surface area (TPSA) is 72.7 Å². The van der Waals surface area contributed by atoms with Gasteiger partial charge in [0.05, 0.1) is 4.92 Å². The lowest BCUT2D eigenvalue weighted by Gasteiger charge is -2.23. The third kappa shape index (κ3) is 4.14. The predicted molar refractivity (Wildman–Crippen MR) is 88.5 cm³/mol. The van der Waals surface area contributed by atoms with Crippen molar-refractivity contribution in [1.29, 1.82) is 0 Å². The summed E-state index contributed by atoms with van der Waals surface area (Å²) in [4.78, 5) is 24.2. The van der Waals surface area contributed by atoms with Gasteiger partial charge in [0.1, 0.15) is 11.6 Å². The van der Waals surface area contributed by atoms with E-state index in [1.165, 1.54) is 11.0 Å². The van der Waals surface area contributed by atoms with Gasteiger partial charge in [0.15, 0.2) is 6.61 Å². The van der Waals surface area contributed by atoms with Crippen LogP contribution in [0.25, 0.3) is 0 Å². The maximum absolute atomic E-state index is 13.8. The number of hydrogen-bond acceptors (Lipinski definition) is 4. The van der Waals surface area contributed by atoms with E-state index in [-0.39, 0.29) is 18.3 Å². The SMILES string of the molecule is O=C(COc1cc(F)ccc1[N+](=O)[O-])N(Cc1ccccc1F)C1CC1. The van der Waals surface area contributed by atoms with Crippen LogP contribution in [-0.2, 0) is 11.3 Å². The van der Waals surface area contributed by atoms with E-state index in [1.54, 1.807) is 18.2 Å². The van der Waals surface area contributed by atoms with Crippen LogP contribution in [0.3, 0.4) is 0 Å². The minimum Gasteiger partial charge on any atom is -0.477 e. The van der Waals surface area contributed by atoms with Gasteiger partial charge in [-0.2, -0.15) is 0 Å². The number of carbonyl (C=O) groups excluding carboxylic acids is 1. The zero-order valence-electron chi connectivity index (χ0n) is 13.7. The van der Waals surface area contributed by atoms with E-state index in [2.05, 4.69) is 0 Å². The monoisotopic (exact) mass is 362 g/mol. The van der Waals surface area contributed by atoms with Crippen LogP contribution in [0, 0.1) is 21.7 Å². The van der Waals surface area contributed by atoms with Crippen molar-refractivity contribution in [3.8, 4) is 5.75 Å². The lowest BCUT2D eigenvalue weighted by Crippen LogP contribution is -2.36. The number of rotatable bonds is 7. The van der Waals surface area contributed by atoms with Gasteiger partial charge >= 0.3 is 5.69 Å². The summed E-state index contributed by atoms with van der Waals surface area (Å²) in [6.45, 7) is -0.403. The predicted octanol–water partition coefficient (Wildman–Crippen LogP) is 3.44. The number of amides is 1. The number of carbonyl (C=O) groups is 1. The van der Waals surface area contributed by atoms with Crippen molar-refractivity contribution in [3.63, 3.8) is 0 Å². The molecule has 2 aromatic rings. The molecule has 0 radical (unpaired) electrons. The normalized spacial score (nSPS) is 13.3. The number of ether oxygens (including phenoxy) is 1. The Morgan fingerprint density at radius 3 is 2.62 bits per heavy atom. The summed E-state index contributed by atoms with van der Waals surface area (Å²) < 4.78 is 32.4. The number of benzene rings is 2. The van der Waals surface area contributed by atoms with Crippen LogP contribution in [0.15, 0.2) is 42.5 Å². The minimum absolute atomic E-state index is 0.00629. The van der Waals surface area contributed by atoms with Crippen molar-refractivity contribution in [2.24, 2.45) is 0 Å². The second-order valence-corrected chi connectivity index (χ2v) is 6.00. The van der Waals surface area contributed by atoms with Crippen LogP contribution in [-0.4, -0.2) is 28.4 Å². The number of halogens is 2. The minimum atomic E-state index is -0.711. The number of nitrogens with zero attached hydrogens (tertiary/aromatic N) is 2. The van der Waals surface area contributed by atoms with Gasteiger partial charge in [-0.15, -0.1) is 0 Å². The van der Waals surface area contributed by atoms with Gasteiger partial charge in [0.2, 0.25) is 5.75 Å². The zero-order valence-corrected chi connectivity index (χ0v) is 13.7. The number of nitro groups is 1. The Bertz CT molecular complexity index is 840. The Hall–Kier alpha value is -3.03. The third-order valence-corrected chi connectivity index (χ3v) is 4.08. The largest absolute Gasteiger partial charge is 0.477 e. The van der Waals surface area contributed by atoms with Crippen LogP contribution in [0.1, 0.15) is 18.4 Å². The van der Waals surface area contributed by atoms with Gasteiger partial charge in [-0.1, -0.05) is 18.2 Å². The van der Waals surface area contributed by atoms with Crippen molar-refractivity contribution in [2.75, 3.05) is 6.61 Å². The second-order valence-electron chi connectivity index (χ2n) is 6.00. The summed E-state index contributed by atoms with van der Waals surface area (Å²) in [5.74, 6) is -1.87. The second kappa shape index (κ2) is 7.47. The molecule has 0 unspecified atom stereocenters. The molecule has 0 atom stereocenters. The molecule has 1 aliphatic rings. The van der Waals surface area contributed by atoms with Crippen molar-refractivity contribution in [3.05, 3.63) is 69.8 Å². The maximum Gasteiger partial charge on any atom is 0.311 e. The number of hydrogen-bond donors (Lipinski definition) is 0. The van der Waals surface area contributed by atoms with Gasteiger partial charge in [0, 0.05) is 30.3 Å². The molecule has 0 aromatic heterocycles. The fourth-order valence-corrected chi connectivity index (χ4v) is 2.59. The lowest BCUT2D eigenvalue weighted by atomic mass is 10.2. The Kier molecular flexibility index (Phi) is 5.11. The summed E-state index contributed by atoms with van der Waals surface area (Å²) in [6, 6.07) is 8.94. The van der Waals surface area contributed by atoms with Crippen LogP contribution in [0.5, 0.6) is 5.75 Å². The molecule has 136 valence electrons.